The molecule has 1 aliphatic heterocycles. The zero-order chi connectivity index (χ0) is 23.9. The highest BCUT2D eigenvalue weighted by Gasteiger charge is 2.26. The van der Waals surface area contributed by atoms with Crippen molar-refractivity contribution in [2.75, 3.05) is 32.8 Å². The first kappa shape index (κ1) is 23.6. The van der Waals surface area contributed by atoms with Crippen LogP contribution in [-0.4, -0.2) is 69.4 Å². The summed E-state index contributed by atoms with van der Waals surface area (Å²) in [6, 6.07) is 13.5. The molecule has 1 aromatic carbocycles. The van der Waals surface area contributed by atoms with Crippen LogP contribution >= 0.6 is 11.6 Å². The first-order valence-corrected chi connectivity index (χ1v) is 11.6. The van der Waals surface area contributed by atoms with Gasteiger partial charge < -0.3 is 14.5 Å². The molecule has 0 aliphatic carbocycles. The molecule has 8 nitrogen and oxygen atoms in total. The molecule has 176 valence electrons. The van der Waals surface area contributed by atoms with E-state index in [1.165, 1.54) is 18.0 Å². The van der Waals surface area contributed by atoms with Gasteiger partial charge in [0.25, 0.3) is 5.91 Å². The summed E-state index contributed by atoms with van der Waals surface area (Å²) in [5.74, 6) is 0.432. The normalized spacial score (nSPS) is 14.5. The lowest BCUT2D eigenvalue weighted by Crippen LogP contribution is -2.51. The van der Waals surface area contributed by atoms with Gasteiger partial charge in [-0.05, 0) is 11.6 Å². The molecule has 4 rings (SSSR count). The van der Waals surface area contributed by atoms with Crippen molar-refractivity contribution < 1.29 is 14.3 Å². The molecule has 0 spiro atoms. The Balaban J connectivity index is 1.30. The van der Waals surface area contributed by atoms with Crippen molar-refractivity contribution in [2.45, 2.75) is 19.3 Å². The number of hydrogen-bond acceptors (Lipinski definition) is 6. The van der Waals surface area contributed by atoms with Crippen LogP contribution in [0.2, 0.25) is 5.15 Å². The summed E-state index contributed by atoms with van der Waals surface area (Å²) in [4.78, 5) is 41.4. The summed E-state index contributed by atoms with van der Waals surface area (Å²) in [5, 5.41) is 0.235. The molecular formula is C25H26ClN5O3. The van der Waals surface area contributed by atoms with Gasteiger partial charge in [0.15, 0.2) is 5.15 Å². The maximum absolute atomic E-state index is 13.0. The second-order valence-electron chi connectivity index (χ2n) is 8.15. The molecule has 0 N–H and O–H groups in total. The molecule has 1 unspecified atom stereocenters. The average molecular weight is 480 g/mol. The summed E-state index contributed by atoms with van der Waals surface area (Å²) in [5.41, 5.74) is 2.16. The van der Waals surface area contributed by atoms with Crippen LogP contribution in [0.5, 0.6) is 5.88 Å². The Bertz CT molecular complexity index is 1140. The van der Waals surface area contributed by atoms with Crippen molar-refractivity contribution in [3.05, 3.63) is 83.0 Å². The second-order valence-corrected chi connectivity index (χ2v) is 8.51. The number of carbonyl (C=O) groups excluding carboxylic acids is 2. The van der Waals surface area contributed by atoms with Crippen LogP contribution in [-0.2, 0) is 11.2 Å². The van der Waals surface area contributed by atoms with Gasteiger partial charge in [0, 0.05) is 62.3 Å². The minimum atomic E-state index is -0.104. The second kappa shape index (κ2) is 11.1. The van der Waals surface area contributed by atoms with E-state index in [2.05, 4.69) is 34.0 Å². The molecule has 2 aromatic heterocycles. The molecule has 0 radical (unpaired) electrons. The van der Waals surface area contributed by atoms with Gasteiger partial charge in [0.1, 0.15) is 0 Å². The fraction of sp³-hybridized carbons (Fsp3) is 0.320. The molecule has 2 amide bonds. The van der Waals surface area contributed by atoms with Crippen LogP contribution < -0.4 is 4.74 Å². The summed E-state index contributed by atoms with van der Waals surface area (Å²) in [6.07, 6.45) is 4.67. The number of aromatic nitrogens is 3. The van der Waals surface area contributed by atoms with Gasteiger partial charge in [-0.15, -0.1) is 0 Å². The SMILES string of the molecule is CC(COc1cc(C(=O)N2CCN(C(=O)Cc3nccnc3Cl)CC2)ccn1)c1ccccc1. The highest BCUT2D eigenvalue weighted by atomic mass is 35.5. The third-order valence-electron chi connectivity index (χ3n) is 5.79. The Morgan fingerprint density at radius 2 is 1.68 bits per heavy atom. The molecule has 9 heteroatoms. The number of rotatable bonds is 7. The van der Waals surface area contributed by atoms with Crippen molar-refractivity contribution in [3.8, 4) is 5.88 Å². The molecule has 34 heavy (non-hydrogen) atoms. The zero-order valence-corrected chi connectivity index (χ0v) is 19.7. The third-order valence-corrected chi connectivity index (χ3v) is 6.11. The molecule has 1 saturated heterocycles. The lowest BCUT2D eigenvalue weighted by molar-refractivity contribution is -0.132. The van der Waals surface area contributed by atoms with Gasteiger partial charge in [-0.3, -0.25) is 14.6 Å². The van der Waals surface area contributed by atoms with Crippen LogP contribution in [0.25, 0.3) is 0 Å². The number of halogens is 1. The van der Waals surface area contributed by atoms with Crippen molar-refractivity contribution >= 4 is 23.4 Å². The van der Waals surface area contributed by atoms with Crippen molar-refractivity contribution in [3.63, 3.8) is 0 Å². The third kappa shape index (κ3) is 5.88. The Morgan fingerprint density at radius 1 is 0.971 bits per heavy atom. The number of ether oxygens (including phenoxy) is 1. The Kier molecular flexibility index (Phi) is 7.69. The van der Waals surface area contributed by atoms with Crippen LogP contribution in [0.1, 0.15) is 34.5 Å². The van der Waals surface area contributed by atoms with Gasteiger partial charge >= 0.3 is 0 Å². The van der Waals surface area contributed by atoms with E-state index in [4.69, 9.17) is 16.3 Å². The number of benzene rings is 1. The van der Waals surface area contributed by atoms with E-state index < -0.39 is 0 Å². The number of carbonyl (C=O) groups is 2. The Morgan fingerprint density at radius 3 is 2.41 bits per heavy atom. The first-order chi connectivity index (χ1) is 16.5. The first-order valence-electron chi connectivity index (χ1n) is 11.2. The van der Waals surface area contributed by atoms with Crippen LogP contribution in [0, 0.1) is 0 Å². The minimum Gasteiger partial charge on any atom is -0.477 e. The standard InChI is InChI=1S/C25H26ClN5O3/c1-18(19-5-3-2-4-6-19)17-34-22-15-20(7-8-28-22)25(33)31-13-11-30(12-14-31)23(32)16-21-24(26)29-10-9-27-21/h2-10,15,18H,11-14,16-17H2,1H3. The predicted octanol–water partition coefficient (Wildman–Crippen LogP) is 3.23. The molecule has 1 fully saturated rings. The van der Waals surface area contributed by atoms with E-state index >= 15 is 0 Å². The van der Waals surface area contributed by atoms with Gasteiger partial charge in [-0.1, -0.05) is 48.9 Å². The summed E-state index contributed by atoms with van der Waals surface area (Å²) < 4.78 is 5.86. The average Bonchev–Trinajstić information content (AvgIpc) is 2.89. The number of nitrogens with zero attached hydrogens (tertiary/aromatic N) is 5. The molecule has 1 atom stereocenters. The predicted molar refractivity (Wildman–Crippen MR) is 128 cm³/mol. The van der Waals surface area contributed by atoms with E-state index in [1.807, 2.05) is 18.2 Å². The van der Waals surface area contributed by atoms with Crippen molar-refractivity contribution in [1.82, 2.24) is 24.8 Å². The lowest BCUT2D eigenvalue weighted by atomic mass is 10.0. The number of hydrogen-bond donors (Lipinski definition) is 0. The van der Waals surface area contributed by atoms with Gasteiger partial charge in [-0.2, -0.15) is 0 Å². The van der Waals surface area contributed by atoms with Gasteiger partial charge in [-0.25, -0.2) is 9.97 Å². The molecule has 0 saturated carbocycles. The maximum atomic E-state index is 13.0. The smallest absolute Gasteiger partial charge is 0.254 e. The molecule has 3 heterocycles. The molecule has 0 bridgehead atoms. The van der Waals surface area contributed by atoms with Gasteiger partial charge in [0.2, 0.25) is 11.8 Å². The number of amides is 2. The number of pyridine rings is 1. The number of piperazine rings is 1. The highest BCUT2D eigenvalue weighted by Crippen LogP contribution is 2.19. The quantitative estimate of drug-likeness (QED) is 0.517. The van der Waals surface area contributed by atoms with E-state index in [1.54, 1.807) is 28.1 Å². The summed E-state index contributed by atoms with van der Waals surface area (Å²) in [6.45, 7) is 4.34. The van der Waals surface area contributed by atoms with Crippen LogP contribution in [0.4, 0.5) is 0 Å². The minimum absolute atomic E-state index is 0.0818. The van der Waals surface area contributed by atoms with Crippen LogP contribution in [0.15, 0.2) is 61.1 Å². The zero-order valence-electron chi connectivity index (χ0n) is 18.9. The molecule has 1 aliphatic rings. The van der Waals surface area contributed by atoms with E-state index in [9.17, 15) is 9.59 Å². The monoisotopic (exact) mass is 479 g/mol. The fourth-order valence-electron chi connectivity index (χ4n) is 3.77. The Labute approximate surface area is 203 Å². The highest BCUT2D eigenvalue weighted by molar-refractivity contribution is 6.30. The molecular weight excluding hydrogens is 454 g/mol. The summed E-state index contributed by atoms with van der Waals surface area (Å²) >= 11 is 6.01. The van der Waals surface area contributed by atoms with Gasteiger partial charge in [0.05, 0.1) is 18.7 Å². The molecule has 3 aromatic rings. The topological polar surface area (TPSA) is 88.5 Å². The van der Waals surface area contributed by atoms with Crippen molar-refractivity contribution in [2.24, 2.45) is 0 Å². The van der Waals surface area contributed by atoms with E-state index in [0.717, 1.165) is 0 Å². The summed E-state index contributed by atoms with van der Waals surface area (Å²) in [7, 11) is 0. The maximum Gasteiger partial charge on any atom is 0.254 e. The largest absolute Gasteiger partial charge is 0.477 e. The van der Waals surface area contributed by atoms with E-state index in [-0.39, 0.29) is 29.3 Å². The van der Waals surface area contributed by atoms with Crippen LogP contribution in [0.3, 0.4) is 0 Å². The Hall–Kier alpha value is -3.52. The fourth-order valence-corrected chi connectivity index (χ4v) is 3.95. The van der Waals surface area contributed by atoms with Crippen molar-refractivity contribution in [1.29, 1.82) is 0 Å². The van der Waals surface area contributed by atoms with E-state index in [0.29, 0.717) is 49.9 Å². The lowest BCUT2D eigenvalue weighted by Gasteiger charge is -2.34.